The van der Waals surface area contributed by atoms with E-state index in [2.05, 4.69) is 20.9 Å². The Labute approximate surface area is 290 Å². The highest BCUT2D eigenvalue weighted by Crippen LogP contribution is 2.50. The van der Waals surface area contributed by atoms with Crippen LogP contribution >= 0.6 is 11.3 Å². The molecule has 4 rings (SSSR count). The number of thiazole rings is 1. The third-order valence-electron chi connectivity index (χ3n) is 8.62. The van der Waals surface area contributed by atoms with Crippen molar-refractivity contribution in [1.29, 1.82) is 0 Å². The molecule has 3 N–H and O–H groups in total. The zero-order chi connectivity index (χ0) is 36.0. The van der Waals surface area contributed by atoms with Gasteiger partial charge in [-0.25, -0.2) is 9.78 Å². The number of hydrogen-bond acceptors (Lipinski definition) is 11. The standard InChI is InChI=1S/C36H46N4O8S/c1-10-19(4)30(34(43)40-36-39-31(35(44)48-9)28(49-36)15-18(2)3)38-25-14-12-22-23(17-26(25)42)24(37-20(5)41)13-11-21-16-27(45-6)32(46-7)33(47-8)29(21)22/h12,14,16-19,24,30H,10-11,13,15H2,1-9H3,(H,37,41)(H,38,42)(H,39,40,43). The van der Waals surface area contributed by atoms with Gasteiger partial charge in [0, 0.05) is 17.4 Å². The number of amides is 2. The summed E-state index contributed by atoms with van der Waals surface area (Å²) in [6.07, 6.45) is 2.32. The Kier molecular flexibility index (Phi) is 12.3. The van der Waals surface area contributed by atoms with Crippen LogP contribution in [0.3, 0.4) is 0 Å². The van der Waals surface area contributed by atoms with Crippen molar-refractivity contribution in [2.24, 2.45) is 11.8 Å². The van der Waals surface area contributed by atoms with Crippen LogP contribution in [0.1, 0.15) is 80.0 Å². The molecule has 0 bridgehead atoms. The first-order valence-electron chi connectivity index (χ1n) is 16.3. The van der Waals surface area contributed by atoms with Gasteiger partial charge in [0.2, 0.25) is 23.0 Å². The van der Waals surface area contributed by atoms with Gasteiger partial charge < -0.3 is 34.9 Å². The average molecular weight is 695 g/mol. The molecule has 3 aromatic rings. The number of carbonyl (C=O) groups is 3. The van der Waals surface area contributed by atoms with Crippen LogP contribution in [0.2, 0.25) is 0 Å². The molecule has 2 aromatic carbocycles. The molecule has 3 unspecified atom stereocenters. The Morgan fingerprint density at radius 3 is 2.33 bits per heavy atom. The largest absolute Gasteiger partial charge is 0.493 e. The number of esters is 1. The highest BCUT2D eigenvalue weighted by Gasteiger charge is 2.31. The first kappa shape index (κ1) is 37.2. The molecule has 13 heteroatoms. The molecule has 3 atom stereocenters. The molecule has 1 aromatic heterocycles. The lowest BCUT2D eigenvalue weighted by Crippen LogP contribution is -2.40. The Bertz CT molecular complexity index is 1770. The number of ether oxygens (including phenoxy) is 4. The molecule has 49 heavy (non-hydrogen) atoms. The van der Waals surface area contributed by atoms with Crippen molar-refractivity contribution in [2.75, 3.05) is 39.1 Å². The molecule has 0 saturated heterocycles. The number of carbonyl (C=O) groups excluding carboxylic acids is 3. The molecule has 0 fully saturated rings. The van der Waals surface area contributed by atoms with Gasteiger partial charge in [0.15, 0.2) is 22.3 Å². The van der Waals surface area contributed by atoms with Gasteiger partial charge in [-0.3, -0.25) is 14.4 Å². The minimum atomic E-state index is -0.823. The van der Waals surface area contributed by atoms with Gasteiger partial charge in [0.25, 0.3) is 0 Å². The van der Waals surface area contributed by atoms with Crippen LogP contribution in [-0.2, 0) is 27.2 Å². The summed E-state index contributed by atoms with van der Waals surface area (Å²) in [6, 6.07) is 5.56. The third kappa shape index (κ3) is 8.15. The number of aryl methyl sites for hydroxylation is 1. The summed E-state index contributed by atoms with van der Waals surface area (Å²) in [6.45, 7) is 9.38. The summed E-state index contributed by atoms with van der Waals surface area (Å²) >= 11 is 1.23. The van der Waals surface area contributed by atoms with Gasteiger partial charge in [-0.15, -0.1) is 11.3 Å². The van der Waals surface area contributed by atoms with E-state index in [1.807, 2.05) is 33.8 Å². The van der Waals surface area contributed by atoms with E-state index in [9.17, 15) is 19.2 Å². The van der Waals surface area contributed by atoms with E-state index >= 15 is 0 Å². The van der Waals surface area contributed by atoms with Crippen LogP contribution in [0.15, 0.2) is 29.1 Å². The second-order valence-corrected chi connectivity index (χ2v) is 13.6. The van der Waals surface area contributed by atoms with Crippen molar-refractivity contribution in [3.05, 3.63) is 56.2 Å². The van der Waals surface area contributed by atoms with Gasteiger partial charge in [-0.1, -0.05) is 40.2 Å². The van der Waals surface area contributed by atoms with Crippen molar-refractivity contribution in [3.63, 3.8) is 0 Å². The number of nitrogens with zero attached hydrogens (tertiary/aromatic N) is 1. The summed E-state index contributed by atoms with van der Waals surface area (Å²) in [7, 11) is 5.92. The van der Waals surface area contributed by atoms with Crippen LogP contribution in [-0.4, -0.2) is 57.2 Å². The Morgan fingerprint density at radius 1 is 1.02 bits per heavy atom. The van der Waals surface area contributed by atoms with Crippen LogP contribution in [0.5, 0.6) is 17.2 Å². The van der Waals surface area contributed by atoms with E-state index < -0.39 is 24.0 Å². The molecule has 0 saturated carbocycles. The van der Waals surface area contributed by atoms with Gasteiger partial charge in [-0.2, -0.15) is 0 Å². The summed E-state index contributed by atoms with van der Waals surface area (Å²) < 4.78 is 22.1. The monoisotopic (exact) mass is 694 g/mol. The highest BCUT2D eigenvalue weighted by atomic mass is 32.1. The maximum absolute atomic E-state index is 14.0. The van der Waals surface area contributed by atoms with E-state index in [1.54, 1.807) is 26.4 Å². The quantitative estimate of drug-likeness (QED) is 0.188. The van der Waals surface area contributed by atoms with Crippen LogP contribution in [0, 0.1) is 11.8 Å². The van der Waals surface area contributed by atoms with E-state index in [-0.39, 0.29) is 39.7 Å². The topological polar surface area (TPSA) is 154 Å². The van der Waals surface area contributed by atoms with Crippen molar-refractivity contribution in [3.8, 4) is 28.4 Å². The number of hydrogen-bond donors (Lipinski definition) is 3. The Hall–Kier alpha value is -4.65. The lowest BCUT2D eigenvalue weighted by molar-refractivity contribution is -0.120. The summed E-state index contributed by atoms with van der Waals surface area (Å²) in [4.78, 5) is 57.7. The van der Waals surface area contributed by atoms with Crippen LogP contribution in [0.25, 0.3) is 11.1 Å². The van der Waals surface area contributed by atoms with E-state index in [1.165, 1.54) is 38.5 Å². The average Bonchev–Trinajstić information content (AvgIpc) is 3.30. The third-order valence-corrected chi connectivity index (χ3v) is 9.62. The maximum Gasteiger partial charge on any atom is 0.357 e. The molecular formula is C36H46N4O8S. The minimum Gasteiger partial charge on any atom is -0.493 e. The van der Waals surface area contributed by atoms with E-state index in [0.717, 1.165) is 16.0 Å². The molecule has 0 radical (unpaired) electrons. The molecule has 1 aliphatic rings. The first-order chi connectivity index (χ1) is 23.4. The smallest absolute Gasteiger partial charge is 0.357 e. The van der Waals surface area contributed by atoms with E-state index in [0.29, 0.717) is 54.1 Å². The zero-order valence-electron chi connectivity index (χ0n) is 29.6. The second-order valence-electron chi connectivity index (χ2n) is 12.5. The first-order valence-corrected chi connectivity index (χ1v) is 17.1. The molecule has 264 valence electrons. The zero-order valence-corrected chi connectivity index (χ0v) is 30.4. The van der Waals surface area contributed by atoms with Gasteiger partial charge in [0.1, 0.15) is 6.04 Å². The van der Waals surface area contributed by atoms with Gasteiger partial charge >= 0.3 is 5.97 Å². The van der Waals surface area contributed by atoms with Gasteiger partial charge in [0.05, 0.1) is 40.2 Å². The fourth-order valence-electron chi connectivity index (χ4n) is 6.05. The lowest BCUT2D eigenvalue weighted by Gasteiger charge is -2.23. The van der Waals surface area contributed by atoms with Crippen molar-refractivity contribution < 1.29 is 33.3 Å². The molecular weight excluding hydrogens is 648 g/mol. The van der Waals surface area contributed by atoms with Crippen molar-refractivity contribution in [1.82, 2.24) is 10.3 Å². The Morgan fingerprint density at radius 2 is 1.73 bits per heavy atom. The summed E-state index contributed by atoms with van der Waals surface area (Å²) in [5.74, 6) is 0.216. The number of methoxy groups -OCH3 is 4. The van der Waals surface area contributed by atoms with Crippen LogP contribution < -0.4 is 35.6 Å². The summed E-state index contributed by atoms with van der Waals surface area (Å²) in [5, 5.41) is 9.36. The molecule has 12 nitrogen and oxygen atoms in total. The highest BCUT2D eigenvalue weighted by molar-refractivity contribution is 7.16. The number of benzene rings is 1. The molecule has 0 spiro atoms. The fourth-order valence-corrected chi connectivity index (χ4v) is 7.21. The maximum atomic E-state index is 14.0. The number of nitrogens with one attached hydrogen (secondary N) is 3. The van der Waals surface area contributed by atoms with Crippen molar-refractivity contribution >= 4 is 39.9 Å². The number of fused-ring (bicyclic) bond motifs is 3. The predicted molar refractivity (Wildman–Crippen MR) is 190 cm³/mol. The predicted octanol–water partition coefficient (Wildman–Crippen LogP) is 5.77. The summed E-state index contributed by atoms with van der Waals surface area (Å²) in [5.41, 5.74) is 2.94. The number of aromatic nitrogens is 1. The normalized spacial score (nSPS) is 14.8. The molecule has 0 aliphatic heterocycles. The molecule has 2 amide bonds. The minimum absolute atomic E-state index is 0.182. The van der Waals surface area contributed by atoms with E-state index in [4.69, 9.17) is 18.9 Å². The number of anilines is 2. The second kappa shape index (κ2) is 16.2. The SMILES string of the molecule is CCC(C)C(Nc1ccc2c(cc1=O)C(NC(C)=O)CCc1cc(OC)c(OC)c(OC)c1-2)C(=O)Nc1nc(C(=O)OC)c(CC(C)C)s1. The lowest BCUT2D eigenvalue weighted by atomic mass is 9.95. The molecule has 1 heterocycles. The Balaban J connectivity index is 1.81. The van der Waals surface area contributed by atoms with Crippen LogP contribution in [0.4, 0.5) is 10.8 Å². The number of rotatable bonds is 13. The fraction of sp³-hybridized carbons (Fsp3) is 0.472. The molecule has 1 aliphatic carbocycles. The van der Waals surface area contributed by atoms with Crippen molar-refractivity contribution in [2.45, 2.75) is 72.4 Å². The van der Waals surface area contributed by atoms with Gasteiger partial charge in [-0.05, 0) is 66.0 Å².